The fourth-order valence-corrected chi connectivity index (χ4v) is 3.42. The van der Waals surface area contributed by atoms with Crippen molar-refractivity contribution in [3.8, 4) is 11.5 Å². The van der Waals surface area contributed by atoms with Gasteiger partial charge in [0.25, 0.3) is 0 Å². The molecular weight excluding hydrogens is 374 g/mol. The monoisotopic (exact) mass is 397 g/mol. The van der Waals surface area contributed by atoms with Gasteiger partial charge in [0.15, 0.2) is 0 Å². The molecule has 5 heteroatoms. The Morgan fingerprint density at radius 3 is 2.80 bits per heavy atom. The van der Waals surface area contributed by atoms with Crippen molar-refractivity contribution in [2.45, 2.75) is 13.0 Å². The van der Waals surface area contributed by atoms with E-state index in [2.05, 4.69) is 21.9 Å². The Morgan fingerprint density at radius 1 is 1.07 bits per heavy atom. The summed E-state index contributed by atoms with van der Waals surface area (Å²) in [4.78, 5) is 8.81. The van der Waals surface area contributed by atoms with Crippen molar-refractivity contribution in [3.05, 3.63) is 102 Å². The molecule has 0 amide bonds. The molecule has 5 nitrogen and oxygen atoms in total. The van der Waals surface area contributed by atoms with Crippen molar-refractivity contribution < 1.29 is 9.84 Å². The second-order valence-electron chi connectivity index (χ2n) is 7.05. The fourth-order valence-electron chi connectivity index (χ4n) is 3.42. The molecule has 0 fully saturated rings. The predicted molar refractivity (Wildman–Crippen MR) is 120 cm³/mol. The number of nitrogens with zero attached hydrogens (tertiary/aromatic N) is 2. The van der Waals surface area contributed by atoms with Crippen molar-refractivity contribution in [3.63, 3.8) is 0 Å². The number of phenolic OH excluding ortho intramolecular Hbond substituents is 1. The molecule has 0 saturated carbocycles. The van der Waals surface area contributed by atoms with Crippen LogP contribution in [0.1, 0.15) is 22.7 Å². The highest BCUT2D eigenvalue weighted by molar-refractivity contribution is 5.86. The van der Waals surface area contributed by atoms with Gasteiger partial charge in [-0.25, -0.2) is 4.98 Å². The maximum absolute atomic E-state index is 11.1. The van der Waals surface area contributed by atoms with E-state index in [4.69, 9.17) is 4.74 Å². The molecule has 1 atom stereocenters. The lowest BCUT2D eigenvalue weighted by Gasteiger charge is -2.22. The third kappa shape index (κ3) is 4.10. The van der Waals surface area contributed by atoms with E-state index in [1.165, 1.54) is 0 Å². The number of nitrogens with one attached hydrogen (secondary N) is 1. The minimum absolute atomic E-state index is 0.149. The maximum Gasteiger partial charge on any atom is 0.147 e. The molecule has 4 rings (SSSR count). The Bertz CT molecular complexity index is 1190. The number of aromatic hydroxyl groups is 1. The molecule has 4 aromatic rings. The summed E-state index contributed by atoms with van der Waals surface area (Å²) >= 11 is 0. The van der Waals surface area contributed by atoms with E-state index in [-0.39, 0.29) is 11.8 Å². The Hall–Kier alpha value is -3.86. The normalized spacial score (nSPS) is 11.8. The van der Waals surface area contributed by atoms with Crippen molar-refractivity contribution in [1.29, 1.82) is 0 Å². The van der Waals surface area contributed by atoms with Gasteiger partial charge in [-0.1, -0.05) is 43.0 Å². The van der Waals surface area contributed by atoms with Crippen LogP contribution in [-0.4, -0.2) is 21.7 Å². The summed E-state index contributed by atoms with van der Waals surface area (Å²) in [6.07, 6.45) is 5.15. The van der Waals surface area contributed by atoms with Crippen LogP contribution < -0.4 is 10.1 Å². The zero-order chi connectivity index (χ0) is 20.9. The molecule has 2 aromatic heterocycles. The third-order valence-electron chi connectivity index (χ3n) is 4.86. The summed E-state index contributed by atoms with van der Waals surface area (Å²) in [5.74, 6) is 1.60. The summed E-state index contributed by atoms with van der Waals surface area (Å²) in [6.45, 7) is 6.14. The van der Waals surface area contributed by atoms with Crippen LogP contribution in [0.2, 0.25) is 0 Å². The van der Waals surface area contributed by atoms with Crippen LogP contribution in [-0.2, 0) is 0 Å². The second-order valence-corrected chi connectivity index (χ2v) is 7.05. The molecule has 2 N–H and O–H groups in total. The summed E-state index contributed by atoms with van der Waals surface area (Å²) < 4.78 is 5.72. The minimum atomic E-state index is -0.349. The molecule has 0 aliphatic carbocycles. The van der Waals surface area contributed by atoms with E-state index in [0.29, 0.717) is 17.7 Å². The first-order chi connectivity index (χ1) is 14.7. The van der Waals surface area contributed by atoms with Crippen molar-refractivity contribution in [2.75, 3.05) is 11.9 Å². The van der Waals surface area contributed by atoms with E-state index < -0.39 is 0 Å². The first-order valence-corrected chi connectivity index (χ1v) is 9.75. The van der Waals surface area contributed by atoms with E-state index in [9.17, 15) is 5.11 Å². The van der Waals surface area contributed by atoms with Gasteiger partial charge in [-0.15, -0.1) is 0 Å². The summed E-state index contributed by atoms with van der Waals surface area (Å²) in [5.41, 5.74) is 3.31. The van der Waals surface area contributed by atoms with Crippen molar-refractivity contribution in [2.24, 2.45) is 0 Å². The van der Waals surface area contributed by atoms with Gasteiger partial charge in [-0.3, -0.25) is 4.98 Å². The molecule has 0 radical (unpaired) electrons. The highest BCUT2D eigenvalue weighted by atomic mass is 16.5. The van der Waals surface area contributed by atoms with Gasteiger partial charge in [0.05, 0.1) is 6.04 Å². The maximum atomic E-state index is 11.1. The topological polar surface area (TPSA) is 67.3 Å². The lowest BCUT2D eigenvalue weighted by atomic mass is 9.96. The van der Waals surface area contributed by atoms with Crippen LogP contribution in [0.3, 0.4) is 0 Å². The van der Waals surface area contributed by atoms with Gasteiger partial charge in [0.1, 0.15) is 29.4 Å². The first kappa shape index (κ1) is 19.5. The molecule has 0 bridgehead atoms. The van der Waals surface area contributed by atoms with E-state index in [1.54, 1.807) is 18.5 Å². The first-order valence-electron chi connectivity index (χ1n) is 9.75. The summed E-state index contributed by atoms with van der Waals surface area (Å²) in [7, 11) is 0. The lowest BCUT2D eigenvalue weighted by molar-refractivity contribution is 0.362. The number of benzene rings is 2. The average molecular weight is 397 g/mol. The fraction of sp³-hybridized carbons (Fsp3) is 0.120. The van der Waals surface area contributed by atoms with Crippen LogP contribution in [0.15, 0.2) is 85.7 Å². The molecule has 30 heavy (non-hydrogen) atoms. The Balaban J connectivity index is 1.82. The highest BCUT2D eigenvalue weighted by Gasteiger charge is 2.21. The van der Waals surface area contributed by atoms with Crippen LogP contribution >= 0.6 is 0 Å². The van der Waals surface area contributed by atoms with Crippen LogP contribution in [0, 0.1) is 6.92 Å². The smallest absolute Gasteiger partial charge is 0.147 e. The Kier molecular flexibility index (Phi) is 5.61. The minimum Gasteiger partial charge on any atom is -0.505 e. The third-order valence-corrected chi connectivity index (χ3v) is 4.86. The molecular formula is C25H23N3O2. The quantitative estimate of drug-likeness (QED) is 0.408. The number of pyridine rings is 2. The van der Waals surface area contributed by atoms with Gasteiger partial charge < -0.3 is 15.2 Å². The van der Waals surface area contributed by atoms with E-state index >= 15 is 0 Å². The number of aryl methyl sites for hydroxylation is 1. The number of rotatable bonds is 7. The SMILES string of the molecule is C=CCOc1cccc([C@H](Nc2cc(C)ccn2)c2ccc3cccnc3c2O)c1. The zero-order valence-corrected chi connectivity index (χ0v) is 16.7. The predicted octanol–water partition coefficient (Wildman–Crippen LogP) is 5.41. The molecule has 0 aliphatic rings. The number of hydrogen-bond acceptors (Lipinski definition) is 5. The largest absolute Gasteiger partial charge is 0.505 e. The summed E-state index contributed by atoms with van der Waals surface area (Å²) in [5, 5.41) is 15.4. The molecule has 150 valence electrons. The van der Waals surface area contributed by atoms with Gasteiger partial charge in [0, 0.05) is 23.3 Å². The van der Waals surface area contributed by atoms with E-state index in [1.807, 2.05) is 67.6 Å². The molecule has 0 saturated heterocycles. The lowest BCUT2D eigenvalue weighted by Crippen LogP contribution is -2.14. The number of fused-ring (bicyclic) bond motifs is 1. The van der Waals surface area contributed by atoms with Crippen molar-refractivity contribution in [1.82, 2.24) is 9.97 Å². The molecule has 0 aliphatic heterocycles. The average Bonchev–Trinajstić information content (AvgIpc) is 2.77. The number of hydrogen-bond donors (Lipinski definition) is 2. The molecule has 2 aromatic carbocycles. The molecule has 0 spiro atoms. The van der Waals surface area contributed by atoms with Crippen LogP contribution in [0.4, 0.5) is 5.82 Å². The number of ether oxygens (including phenoxy) is 1. The second kappa shape index (κ2) is 8.66. The molecule has 0 unspecified atom stereocenters. The van der Waals surface area contributed by atoms with Gasteiger partial charge >= 0.3 is 0 Å². The highest BCUT2D eigenvalue weighted by Crippen LogP contribution is 2.37. The van der Waals surface area contributed by atoms with E-state index in [0.717, 1.165) is 28.1 Å². The standard InChI is InChI=1S/C25H23N3O2/c1-3-14-30-20-8-4-6-19(16-20)23(28-22-15-17(2)11-13-26-22)21-10-9-18-7-5-12-27-24(18)25(21)29/h3-13,15-16,23,29H,1,14H2,2H3,(H,26,28)/t23-/m0/s1. The van der Waals surface area contributed by atoms with Gasteiger partial charge in [0.2, 0.25) is 0 Å². The van der Waals surface area contributed by atoms with Gasteiger partial charge in [-0.2, -0.15) is 0 Å². The number of phenols is 1. The number of aromatic nitrogens is 2. The Labute approximate surface area is 175 Å². The van der Waals surface area contributed by atoms with Crippen LogP contribution in [0.25, 0.3) is 10.9 Å². The van der Waals surface area contributed by atoms with Crippen LogP contribution in [0.5, 0.6) is 11.5 Å². The summed E-state index contributed by atoms with van der Waals surface area (Å²) in [6, 6.07) is 19.0. The van der Waals surface area contributed by atoms with Gasteiger partial charge in [-0.05, 0) is 48.4 Å². The van der Waals surface area contributed by atoms with Crippen molar-refractivity contribution >= 4 is 16.7 Å². The molecule has 2 heterocycles. The zero-order valence-electron chi connectivity index (χ0n) is 16.7. The number of anilines is 1. The Morgan fingerprint density at radius 2 is 1.97 bits per heavy atom.